The topological polar surface area (TPSA) is 43.8 Å². The summed E-state index contributed by atoms with van der Waals surface area (Å²) in [5, 5.41) is 4.68. The van der Waals surface area contributed by atoms with Gasteiger partial charge in [0.2, 0.25) is 0 Å². The first kappa shape index (κ1) is 14.8. The fourth-order valence-electron chi connectivity index (χ4n) is 2.47. The molecule has 0 radical (unpaired) electrons. The molecule has 0 spiro atoms. The fraction of sp³-hybridized carbons (Fsp3) is 0.471. The summed E-state index contributed by atoms with van der Waals surface area (Å²) in [5.41, 5.74) is 13.4. The van der Waals surface area contributed by atoms with Crippen LogP contribution in [-0.4, -0.2) is 15.8 Å². The summed E-state index contributed by atoms with van der Waals surface area (Å²) in [5.74, 6) is 0. The van der Waals surface area contributed by atoms with Gasteiger partial charge >= 0.3 is 0 Å². The number of aromatic nitrogens is 2. The molecule has 0 aliphatic heterocycles. The van der Waals surface area contributed by atoms with Crippen molar-refractivity contribution in [1.29, 1.82) is 0 Å². The lowest BCUT2D eigenvalue weighted by Gasteiger charge is -2.15. The van der Waals surface area contributed by atoms with Crippen molar-refractivity contribution in [2.24, 2.45) is 5.73 Å². The minimum absolute atomic E-state index is 0.202. The number of nitrogens with two attached hydrogens (primary N) is 1. The van der Waals surface area contributed by atoms with E-state index >= 15 is 0 Å². The van der Waals surface area contributed by atoms with E-state index in [0.29, 0.717) is 0 Å². The van der Waals surface area contributed by atoms with Crippen molar-refractivity contribution in [3.63, 3.8) is 0 Å². The van der Waals surface area contributed by atoms with Gasteiger partial charge in [-0.3, -0.25) is 0 Å². The normalized spacial score (nSPS) is 12.7. The minimum atomic E-state index is 0.202. The molecule has 2 rings (SSSR count). The van der Waals surface area contributed by atoms with Crippen LogP contribution in [0.5, 0.6) is 0 Å². The second kappa shape index (κ2) is 5.80. The van der Waals surface area contributed by atoms with Crippen LogP contribution in [0.25, 0.3) is 5.69 Å². The molecule has 2 N–H and O–H groups in total. The highest BCUT2D eigenvalue weighted by molar-refractivity contribution is 5.45. The molecule has 3 heteroatoms. The lowest BCUT2D eigenvalue weighted by molar-refractivity contribution is 0.641. The zero-order valence-corrected chi connectivity index (χ0v) is 13.2. The molecule has 1 atom stereocenters. The minimum Gasteiger partial charge on any atom is -0.327 e. The van der Waals surface area contributed by atoms with E-state index in [2.05, 4.69) is 62.6 Å². The summed E-state index contributed by atoms with van der Waals surface area (Å²) in [7, 11) is 0. The quantitative estimate of drug-likeness (QED) is 0.926. The van der Waals surface area contributed by atoms with Gasteiger partial charge < -0.3 is 5.73 Å². The van der Waals surface area contributed by atoms with Crippen LogP contribution >= 0.6 is 0 Å². The van der Waals surface area contributed by atoms with Crippen LogP contribution in [0.1, 0.15) is 41.4 Å². The molecule has 1 aromatic carbocycles. The van der Waals surface area contributed by atoms with Crippen molar-refractivity contribution in [2.75, 3.05) is 0 Å². The first-order chi connectivity index (χ1) is 9.43. The van der Waals surface area contributed by atoms with E-state index in [0.717, 1.165) is 24.2 Å². The molecule has 2 aromatic rings. The van der Waals surface area contributed by atoms with Gasteiger partial charge in [-0.1, -0.05) is 24.6 Å². The molecule has 0 saturated heterocycles. The van der Waals surface area contributed by atoms with Gasteiger partial charge in [0.25, 0.3) is 0 Å². The van der Waals surface area contributed by atoms with Crippen molar-refractivity contribution >= 4 is 0 Å². The van der Waals surface area contributed by atoms with Gasteiger partial charge in [-0.05, 0) is 57.7 Å². The summed E-state index contributed by atoms with van der Waals surface area (Å²) in [4.78, 5) is 0. The predicted octanol–water partition coefficient (Wildman–Crippen LogP) is 3.39. The molecule has 3 nitrogen and oxygen atoms in total. The lowest BCUT2D eigenvalue weighted by Crippen LogP contribution is -2.22. The molecule has 0 aliphatic carbocycles. The Morgan fingerprint density at radius 1 is 1.20 bits per heavy atom. The molecule has 1 aromatic heterocycles. The highest BCUT2D eigenvalue weighted by Crippen LogP contribution is 2.22. The molecule has 108 valence electrons. The van der Waals surface area contributed by atoms with Gasteiger partial charge in [0.15, 0.2) is 0 Å². The van der Waals surface area contributed by atoms with Crippen LogP contribution in [0.4, 0.5) is 0 Å². The number of hydrogen-bond donors (Lipinski definition) is 1. The molecule has 0 amide bonds. The van der Waals surface area contributed by atoms with E-state index in [4.69, 9.17) is 5.73 Å². The Bertz CT molecular complexity index is 611. The highest BCUT2D eigenvalue weighted by Gasteiger charge is 2.14. The Morgan fingerprint density at radius 3 is 2.45 bits per heavy atom. The third-order valence-electron chi connectivity index (χ3n) is 4.12. The van der Waals surface area contributed by atoms with E-state index in [1.807, 2.05) is 0 Å². The molecule has 1 unspecified atom stereocenters. The van der Waals surface area contributed by atoms with Crippen LogP contribution in [0, 0.1) is 27.7 Å². The van der Waals surface area contributed by atoms with E-state index in [1.165, 1.54) is 22.4 Å². The number of aryl methyl sites for hydroxylation is 2. The van der Waals surface area contributed by atoms with Crippen LogP contribution < -0.4 is 5.73 Å². The summed E-state index contributed by atoms with van der Waals surface area (Å²) in [6.07, 6.45) is 1.88. The number of benzene rings is 1. The van der Waals surface area contributed by atoms with Crippen LogP contribution in [-0.2, 0) is 6.42 Å². The maximum absolute atomic E-state index is 6.15. The Hall–Kier alpha value is -1.61. The first-order valence-electron chi connectivity index (χ1n) is 7.32. The van der Waals surface area contributed by atoms with Gasteiger partial charge in [-0.25, -0.2) is 4.68 Å². The van der Waals surface area contributed by atoms with Gasteiger partial charge in [-0.15, -0.1) is 0 Å². The van der Waals surface area contributed by atoms with Crippen LogP contribution in [0.2, 0.25) is 0 Å². The van der Waals surface area contributed by atoms with E-state index in [-0.39, 0.29) is 6.04 Å². The smallest absolute Gasteiger partial charge is 0.0681 e. The van der Waals surface area contributed by atoms with Crippen molar-refractivity contribution in [3.8, 4) is 5.69 Å². The molecule has 0 fully saturated rings. The van der Waals surface area contributed by atoms with Crippen LogP contribution in [0.3, 0.4) is 0 Å². The zero-order valence-electron chi connectivity index (χ0n) is 13.2. The molecular formula is C17H25N3. The molecule has 0 aliphatic rings. The van der Waals surface area contributed by atoms with E-state index in [1.54, 1.807) is 0 Å². The maximum Gasteiger partial charge on any atom is 0.0681 e. The van der Waals surface area contributed by atoms with E-state index < -0.39 is 0 Å². The van der Waals surface area contributed by atoms with Crippen LogP contribution in [0.15, 0.2) is 18.2 Å². The third kappa shape index (κ3) is 2.78. The molecule has 0 saturated carbocycles. The molecular weight excluding hydrogens is 246 g/mol. The first-order valence-corrected chi connectivity index (χ1v) is 7.32. The van der Waals surface area contributed by atoms with Crippen molar-refractivity contribution < 1.29 is 0 Å². The Labute approximate surface area is 121 Å². The summed E-state index contributed by atoms with van der Waals surface area (Å²) >= 11 is 0. The summed E-state index contributed by atoms with van der Waals surface area (Å²) in [6.45, 7) is 10.6. The number of hydrogen-bond acceptors (Lipinski definition) is 2. The number of rotatable bonds is 4. The zero-order chi connectivity index (χ0) is 14.9. The second-order valence-corrected chi connectivity index (χ2v) is 5.71. The van der Waals surface area contributed by atoms with Gasteiger partial charge in [0.05, 0.1) is 11.4 Å². The average Bonchev–Trinajstić information content (AvgIpc) is 2.66. The molecule has 0 bridgehead atoms. The Kier molecular flexibility index (Phi) is 4.29. The average molecular weight is 271 g/mol. The Morgan fingerprint density at radius 2 is 1.90 bits per heavy atom. The third-order valence-corrected chi connectivity index (χ3v) is 4.12. The SMILES string of the molecule is CCC(N)Cc1cc(C)ccc1-n1nc(C)c(C)c1C. The summed E-state index contributed by atoms with van der Waals surface area (Å²) in [6, 6.07) is 6.73. The second-order valence-electron chi connectivity index (χ2n) is 5.71. The van der Waals surface area contributed by atoms with Crippen molar-refractivity contribution in [1.82, 2.24) is 9.78 Å². The number of nitrogens with zero attached hydrogens (tertiary/aromatic N) is 2. The van der Waals surface area contributed by atoms with Gasteiger partial charge in [-0.2, -0.15) is 5.10 Å². The van der Waals surface area contributed by atoms with Gasteiger partial charge in [0, 0.05) is 11.7 Å². The Balaban J connectivity index is 2.52. The summed E-state index contributed by atoms with van der Waals surface area (Å²) < 4.78 is 2.06. The monoisotopic (exact) mass is 271 g/mol. The molecule has 20 heavy (non-hydrogen) atoms. The van der Waals surface area contributed by atoms with Gasteiger partial charge in [0.1, 0.15) is 0 Å². The van der Waals surface area contributed by atoms with Crippen molar-refractivity contribution in [3.05, 3.63) is 46.3 Å². The predicted molar refractivity (Wildman–Crippen MR) is 84.5 cm³/mol. The fourth-order valence-corrected chi connectivity index (χ4v) is 2.47. The largest absolute Gasteiger partial charge is 0.327 e. The maximum atomic E-state index is 6.15. The van der Waals surface area contributed by atoms with Crippen molar-refractivity contribution in [2.45, 2.75) is 53.5 Å². The highest BCUT2D eigenvalue weighted by atomic mass is 15.3. The standard InChI is InChI=1S/C17H25N3/c1-6-16(18)10-15-9-11(2)7-8-17(15)20-14(5)12(3)13(4)19-20/h7-9,16H,6,10,18H2,1-5H3. The van der Waals surface area contributed by atoms with E-state index in [9.17, 15) is 0 Å². The molecule has 1 heterocycles. The lowest BCUT2D eigenvalue weighted by atomic mass is 10.0.